The van der Waals surface area contributed by atoms with Crippen LogP contribution in [0.15, 0.2) is 0 Å². The van der Waals surface area contributed by atoms with Crippen LogP contribution in [0.2, 0.25) is 0 Å². The Labute approximate surface area is 227 Å². The van der Waals surface area contributed by atoms with Crippen LogP contribution < -0.4 is 0 Å². The van der Waals surface area contributed by atoms with Gasteiger partial charge in [0.2, 0.25) is 5.91 Å². The lowest BCUT2D eigenvalue weighted by molar-refractivity contribution is -0.198. The molecule has 1 unspecified atom stereocenters. The van der Waals surface area contributed by atoms with E-state index >= 15 is 0 Å². The Morgan fingerprint density at radius 2 is 1.42 bits per heavy atom. The van der Waals surface area contributed by atoms with Crippen LogP contribution in [-0.4, -0.2) is 97.1 Å². The summed E-state index contributed by atoms with van der Waals surface area (Å²) in [6.07, 6.45) is 1.64. The van der Waals surface area contributed by atoms with Crippen molar-refractivity contribution >= 4 is 23.7 Å². The molecule has 1 aliphatic heterocycles. The van der Waals surface area contributed by atoms with Gasteiger partial charge in [-0.3, -0.25) is 14.4 Å². The molecule has 0 bridgehead atoms. The molecule has 0 spiro atoms. The summed E-state index contributed by atoms with van der Waals surface area (Å²) >= 11 is 0. The number of hydroxylamine groups is 2. The Balaban J connectivity index is 2.78. The van der Waals surface area contributed by atoms with Gasteiger partial charge in [-0.1, -0.05) is 0 Å². The van der Waals surface area contributed by atoms with Gasteiger partial charge in [0.05, 0.1) is 35.9 Å². The molecule has 220 valence electrons. The average Bonchev–Trinajstić information content (AvgIpc) is 3.12. The van der Waals surface area contributed by atoms with Gasteiger partial charge in [0, 0.05) is 40.2 Å². The number of nitrogens with zero attached hydrogens (tertiary/aromatic N) is 2. The van der Waals surface area contributed by atoms with Crippen molar-refractivity contribution in [3.63, 3.8) is 0 Å². The number of methoxy groups -OCH3 is 2. The van der Waals surface area contributed by atoms with Gasteiger partial charge < -0.3 is 28.7 Å². The molecule has 0 N–H and O–H groups in total. The fraction of sp³-hybridized carbons (Fsp3) is 0.852. The smallest absolute Gasteiger partial charge is 0.352 e. The van der Waals surface area contributed by atoms with Gasteiger partial charge in [0.1, 0.15) is 6.54 Å². The Morgan fingerprint density at radius 3 is 1.95 bits per heavy atom. The largest absolute Gasteiger partial charge is 0.379 e. The van der Waals surface area contributed by atoms with E-state index in [0.29, 0.717) is 37.5 Å². The van der Waals surface area contributed by atoms with E-state index in [-0.39, 0.29) is 49.0 Å². The topological polar surface area (TPSA) is 121 Å². The zero-order valence-corrected chi connectivity index (χ0v) is 24.7. The Kier molecular flexibility index (Phi) is 13.3. The van der Waals surface area contributed by atoms with Crippen LogP contribution in [0.5, 0.6) is 0 Å². The van der Waals surface area contributed by atoms with E-state index < -0.39 is 29.9 Å². The average molecular weight is 545 g/mol. The lowest BCUT2D eigenvalue weighted by Crippen LogP contribution is -2.44. The van der Waals surface area contributed by atoms with Gasteiger partial charge in [0.25, 0.3) is 11.8 Å². The van der Waals surface area contributed by atoms with E-state index in [1.54, 1.807) is 14.2 Å². The molecule has 0 aromatic carbocycles. The molecule has 38 heavy (non-hydrogen) atoms. The third-order valence-corrected chi connectivity index (χ3v) is 6.66. The minimum atomic E-state index is -0.863. The minimum absolute atomic E-state index is 0.00507. The monoisotopic (exact) mass is 544 g/mol. The van der Waals surface area contributed by atoms with E-state index in [1.807, 2.05) is 48.5 Å². The van der Waals surface area contributed by atoms with Gasteiger partial charge in [-0.15, -0.1) is 5.06 Å². The van der Waals surface area contributed by atoms with Crippen LogP contribution in [0.4, 0.5) is 0 Å². The number of hydrogen-bond donors (Lipinski definition) is 0. The summed E-state index contributed by atoms with van der Waals surface area (Å²) in [7, 11) is 3.29. The van der Waals surface area contributed by atoms with Crippen molar-refractivity contribution in [2.75, 3.05) is 40.5 Å². The highest BCUT2D eigenvalue weighted by atomic mass is 16.7. The summed E-state index contributed by atoms with van der Waals surface area (Å²) in [6.45, 7) is 14.1. The molecule has 1 rings (SSSR count). The number of ether oxygens (including phenoxy) is 4. The molecular formula is C27H48N2O9. The van der Waals surface area contributed by atoms with Crippen molar-refractivity contribution in [3.05, 3.63) is 0 Å². The quantitative estimate of drug-likeness (QED) is 0.240. The zero-order chi connectivity index (χ0) is 29.1. The predicted octanol–water partition coefficient (Wildman–Crippen LogP) is 3.03. The summed E-state index contributed by atoms with van der Waals surface area (Å²) in [4.78, 5) is 55.9. The molecular weight excluding hydrogens is 496 g/mol. The van der Waals surface area contributed by atoms with Crippen molar-refractivity contribution in [1.29, 1.82) is 0 Å². The summed E-state index contributed by atoms with van der Waals surface area (Å²) in [5.74, 6) is -2.32. The highest BCUT2D eigenvalue weighted by Gasteiger charge is 2.34. The first kappa shape index (κ1) is 33.9. The Morgan fingerprint density at radius 1 is 0.895 bits per heavy atom. The van der Waals surface area contributed by atoms with Crippen LogP contribution in [0.3, 0.4) is 0 Å². The van der Waals surface area contributed by atoms with Gasteiger partial charge >= 0.3 is 5.97 Å². The summed E-state index contributed by atoms with van der Waals surface area (Å²) in [6, 6.07) is 0. The number of hydrogen-bond acceptors (Lipinski definition) is 9. The first-order valence-corrected chi connectivity index (χ1v) is 13.2. The minimum Gasteiger partial charge on any atom is -0.379 e. The van der Waals surface area contributed by atoms with Crippen LogP contribution >= 0.6 is 0 Å². The van der Waals surface area contributed by atoms with E-state index in [9.17, 15) is 19.2 Å². The summed E-state index contributed by atoms with van der Waals surface area (Å²) in [5, 5.41) is 0.485. The highest BCUT2D eigenvalue weighted by Crippen LogP contribution is 2.21. The van der Waals surface area contributed by atoms with Gasteiger partial charge in [-0.2, -0.15) is 0 Å². The van der Waals surface area contributed by atoms with Gasteiger partial charge in [0.15, 0.2) is 0 Å². The van der Waals surface area contributed by atoms with Crippen molar-refractivity contribution in [3.8, 4) is 0 Å². The number of amides is 3. The van der Waals surface area contributed by atoms with Crippen LogP contribution in [0.1, 0.15) is 87.0 Å². The van der Waals surface area contributed by atoms with Crippen LogP contribution in [-0.2, 0) is 43.0 Å². The van der Waals surface area contributed by atoms with Crippen molar-refractivity contribution in [1.82, 2.24) is 9.96 Å². The van der Waals surface area contributed by atoms with E-state index in [1.165, 1.54) is 4.90 Å². The van der Waals surface area contributed by atoms with Crippen LogP contribution in [0, 0.1) is 0 Å². The lowest BCUT2D eigenvalue weighted by Gasteiger charge is -2.31. The molecule has 11 heteroatoms. The first-order valence-electron chi connectivity index (χ1n) is 13.2. The maximum Gasteiger partial charge on any atom is 0.352 e. The maximum atomic E-state index is 13.3. The van der Waals surface area contributed by atoms with Gasteiger partial charge in [-0.25, -0.2) is 4.79 Å². The number of imide groups is 1. The predicted molar refractivity (Wildman–Crippen MR) is 140 cm³/mol. The molecule has 1 atom stereocenters. The summed E-state index contributed by atoms with van der Waals surface area (Å²) < 4.78 is 22.7. The molecule has 1 fully saturated rings. The second-order valence-corrected chi connectivity index (χ2v) is 11.5. The SMILES string of the molecule is COC(C)(C)CCOC(C)CCN(CC(=O)ON1C(=O)CCC1=O)C(=O)CC(C)(C)OCCC(C)(C)OC. The molecule has 0 aliphatic carbocycles. The number of rotatable bonds is 18. The molecule has 0 radical (unpaired) electrons. The molecule has 1 heterocycles. The third-order valence-electron chi connectivity index (χ3n) is 6.66. The second kappa shape index (κ2) is 14.9. The van der Waals surface area contributed by atoms with E-state index in [0.717, 1.165) is 0 Å². The fourth-order valence-corrected chi connectivity index (χ4v) is 3.47. The molecule has 1 aliphatic rings. The molecule has 0 saturated carbocycles. The van der Waals surface area contributed by atoms with Crippen molar-refractivity contribution in [2.45, 2.75) is 110 Å². The van der Waals surface area contributed by atoms with Gasteiger partial charge in [-0.05, 0) is 67.7 Å². The molecule has 11 nitrogen and oxygen atoms in total. The van der Waals surface area contributed by atoms with E-state index in [4.69, 9.17) is 23.8 Å². The Bertz CT molecular complexity index is 794. The lowest BCUT2D eigenvalue weighted by atomic mass is 10.0. The first-order chi connectivity index (χ1) is 17.5. The fourth-order valence-electron chi connectivity index (χ4n) is 3.47. The summed E-state index contributed by atoms with van der Waals surface area (Å²) in [5.41, 5.74) is -1.45. The van der Waals surface area contributed by atoms with Crippen LogP contribution in [0.25, 0.3) is 0 Å². The molecule has 0 aromatic rings. The standard InChI is InChI=1S/C27H48N2O9/c1-20(36-16-13-25(2,3)34-8)12-15-28(19-24(33)38-29-21(30)10-11-22(29)31)23(32)18-27(6,7)37-17-14-26(4,5)35-9/h20H,10-19H2,1-9H3. The van der Waals surface area contributed by atoms with E-state index in [2.05, 4.69) is 0 Å². The van der Waals surface area contributed by atoms with Crippen molar-refractivity contribution in [2.24, 2.45) is 0 Å². The van der Waals surface area contributed by atoms with Crippen molar-refractivity contribution < 1.29 is 43.0 Å². The molecule has 1 saturated heterocycles. The highest BCUT2D eigenvalue weighted by molar-refractivity contribution is 6.01. The maximum absolute atomic E-state index is 13.3. The Hall–Kier alpha value is -2.08. The third kappa shape index (κ3) is 12.6. The molecule has 0 aromatic heterocycles. The zero-order valence-electron chi connectivity index (χ0n) is 24.7. The second-order valence-electron chi connectivity index (χ2n) is 11.5. The number of carbonyl (C=O) groups excluding carboxylic acids is 4. The number of carbonyl (C=O) groups is 4. The molecule has 3 amide bonds. The normalized spacial score (nSPS) is 15.7.